The van der Waals surface area contributed by atoms with Crippen LogP contribution in [0, 0.1) is 11.6 Å². The van der Waals surface area contributed by atoms with Gasteiger partial charge in [0.05, 0.1) is 5.69 Å². The standard InChI is InChI=1S/C29H34F2N4O4S/c1-4-18-32-29(37)27(19-22-8-6-5-7-9-22)34(20-23-10-12-24(30)13-11-23)28(36)21-35(40(38,39)33(2)3)26-16-14-25(31)15-17-26/h5-17,27H,4,18-21H2,1-3H3,(H,32,37). The van der Waals surface area contributed by atoms with Crippen molar-refractivity contribution in [2.24, 2.45) is 0 Å². The first kappa shape index (κ1) is 30.7. The number of halogens is 2. The van der Waals surface area contributed by atoms with Crippen LogP contribution in [-0.2, 0) is 32.8 Å². The predicted octanol–water partition coefficient (Wildman–Crippen LogP) is 3.74. The molecule has 11 heteroatoms. The molecule has 8 nitrogen and oxygen atoms in total. The van der Waals surface area contributed by atoms with E-state index in [-0.39, 0.29) is 18.7 Å². The van der Waals surface area contributed by atoms with Gasteiger partial charge >= 0.3 is 10.2 Å². The van der Waals surface area contributed by atoms with Gasteiger partial charge in [0.25, 0.3) is 0 Å². The first-order valence-electron chi connectivity index (χ1n) is 12.8. The number of benzene rings is 3. The summed E-state index contributed by atoms with van der Waals surface area (Å²) < 4.78 is 55.7. The van der Waals surface area contributed by atoms with Crippen LogP contribution in [0.15, 0.2) is 78.9 Å². The number of rotatable bonds is 13. The summed E-state index contributed by atoms with van der Waals surface area (Å²) in [6, 6.07) is 18.4. The van der Waals surface area contributed by atoms with Crippen molar-refractivity contribution in [1.82, 2.24) is 14.5 Å². The molecule has 1 N–H and O–H groups in total. The molecule has 0 saturated carbocycles. The van der Waals surface area contributed by atoms with Gasteiger partial charge in [-0.2, -0.15) is 12.7 Å². The highest BCUT2D eigenvalue weighted by Crippen LogP contribution is 2.22. The summed E-state index contributed by atoms with van der Waals surface area (Å²) >= 11 is 0. The van der Waals surface area contributed by atoms with Crippen LogP contribution in [0.2, 0.25) is 0 Å². The van der Waals surface area contributed by atoms with E-state index >= 15 is 0 Å². The van der Waals surface area contributed by atoms with E-state index in [4.69, 9.17) is 0 Å². The van der Waals surface area contributed by atoms with E-state index in [0.717, 1.165) is 26.3 Å². The van der Waals surface area contributed by atoms with E-state index in [1.165, 1.54) is 55.4 Å². The lowest BCUT2D eigenvalue weighted by atomic mass is 10.0. The minimum absolute atomic E-state index is 0.0740. The normalized spacial score (nSPS) is 12.2. The maximum absolute atomic E-state index is 14.0. The van der Waals surface area contributed by atoms with E-state index in [2.05, 4.69) is 5.32 Å². The lowest BCUT2D eigenvalue weighted by molar-refractivity contribution is -0.140. The summed E-state index contributed by atoms with van der Waals surface area (Å²) in [4.78, 5) is 28.8. The third-order valence-electron chi connectivity index (χ3n) is 6.22. The number of anilines is 1. The number of hydrogen-bond donors (Lipinski definition) is 1. The van der Waals surface area contributed by atoms with Crippen LogP contribution < -0.4 is 9.62 Å². The average Bonchev–Trinajstić information content (AvgIpc) is 2.94. The van der Waals surface area contributed by atoms with Crippen LogP contribution in [-0.4, -0.2) is 62.7 Å². The van der Waals surface area contributed by atoms with Crippen LogP contribution in [0.1, 0.15) is 24.5 Å². The fraction of sp³-hybridized carbons (Fsp3) is 0.310. The fourth-order valence-electron chi connectivity index (χ4n) is 4.03. The second kappa shape index (κ2) is 14.0. The van der Waals surface area contributed by atoms with Gasteiger partial charge in [-0.25, -0.2) is 13.1 Å². The van der Waals surface area contributed by atoms with Crippen molar-refractivity contribution in [2.75, 3.05) is 31.5 Å². The molecule has 0 aliphatic rings. The van der Waals surface area contributed by atoms with Gasteiger partial charge in [0.2, 0.25) is 11.8 Å². The molecular weight excluding hydrogens is 538 g/mol. The molecule has 0 heterocycles. The Morgan fingerprint density at radius 3 is 1.98 bits per heavy atom. The van der Waals surface area contributed by atoms with E-state index in [0.29, 0.717) is 18.5 Å². The summed E-state index contributed by atoms with van der Waals surface area (Å²) in [7, 11) is -1.54. The molecule has 1 unspecified atom stereocenters. The van der Waals surface area contributed by atoms with Gasteiger partial charge in [0, 0.05) is 33.6 Å². The summed E-state index contributed by atoms with van der Waals surface area (Å²) in [5, 5.41) is 2.85. The van der Waals surface area contributed by atoms with Crippen molar-refractivity contribution in [3.05, 3.63) is 102 Å². The second-order valence-corrected chi connectivity index (χ2v) is 11.5. The molecule has 0 fully saturated rings. The highest BCUT2D eigenvalue weighted by Gasteiger charge is 2.34. The maximum Gasteiger partial charge on any atom is 0.304 e. The van der Waals surface area contributed by atoms with E-state index in [1.54, 1.807) is 0 Å². The van der Waals surface area contributed by atoms with Crippen LogP contribution in [0.3, 0.4) is 0 Å². The van der Waals surface area contributed by atoms with Gasteiger partial charge in [0.15, 0.2) is 0 Å². The Morgan fingerprint density at radius 2 is 1.43 bits per heavy atom. The van der Waals surface area contributed by atoms with E-state index < -0.39 is 46.2 Å². The molecular formula is C29H34F2N4O4S. The van der Waals surface area contributed by atoms with Gasteiger partial charge in [0.1, 0.15) is 24.2 Å². The number of nitrogens with zero attached hydrogens (tertiary/aromatic N) is 3. The second-order valence-electron chi connectivity index (χ2n) is 9.42. The molecule has 0 saturated heterocycles. The summed E-state index contributed by atoms with van der Waals surface area (Å²) in [5.74, 6) is -2.08. The zero-order valence-electron chi connectivity index (χ0n) is 22.8. The van der Waals surface area contributed by atoms with Gasteiger partial charge in [-0.15, -0.1) is 0 Å². The molecule has 3 rings (SSSR count). The van der Waals surface area contributed by atoms with Crippen molar-refractivity contribution in [2.45, 2.75) is 32.4 Å². The quantitative estimate of drug-likeness (QED) is 0.338. The highest BCUT2D eigenvalue weighted by molar-refractivity contribution is 7.90. The SMILES string of the molecule is CCCNC(=O)C(Cc1ccccc1)N(Cc1ccc(F)cc1)C(=O)CN(c1ccc(F)cc1)S(=O)(=O)N(C)C. The van der Waals surface area contributed by atoms with Gasteiger partial charge in [-0.1, -0.05) is 49.4 Å². The molecule has 3 aromatic rings. The van der Waals surface area contributed by atoms with Crippen LogP contribution in [0.25, 0.3) is 0 Å². The Hall–Kier alpha value is -3.83. The Morgan fingerprint density at radius 1 is 0.850 bits per heavy atom. The van der Waals surface area contributed by atoms with Crippen molar-refractivity contribution in [3.63, 3.8) is 0 Å². The molecule has 2 amide bonds. The molecule has 0 aromatic heterocycles. The molecule has 0 aliphatic heterocycles. The smallest absolute Gasteiger partial charge is 0.304 e. The molecule has 0 bridgehead atoms. The number of nitrogens with one attached hydrogen (secondary N) is 1. The lowest BCUT2D eigenvalue weighted by Gasteiger charge is -2.34. The number of carbonyl (C=O) groups is 2. The van der Waals surface area contributed by atoms with Gasteiger partial charge in [-0.05, 0) is 53.9 Å². The fourth-order valence-corrected chi connectivity index (χ4v) is 5.09. The molecule has 0 radical (unpaired) electrons. The van der Waals surface area contributed by atoms with E-state index in [1.807, 2.05) is 37.3 Å². The Kier molecular flexibility index (Phi) is 10.7. The minimum atomic E-state index is -4.18. The molecule has 0 spiro atoms. The number of amides is 2. The van der Waals surface area contributed by atoms with Crippen molar-refractivity contribution in [3.8, 4) is 0 Å². The first-order chi connectivity index (χ1) is 19.0. The maximum atomic E-state index is 14.0. The van der Waals surface area contributed by atoms with Crippen LogP contribution in [0.5, 0.6) is 0 Å². The minimum Gasteiger partial charge on any atom is -0.354 e. The van der Waals surface area contributed by atoms with Crippen molar-refractivity contribution in [1.29, 1.82) is 0 Å². The highest BCUT2D eigenvalue weighted by atomic mass is 32.2. The predicted molar refractivity (Wildman–Crippen MR) is 151 cm³/mol. The Balaban J connectivity index is 2.06. The first-order valence-corrected chi connectivity index (χ1v) is 14.2. The molecule has 0 aliphatic carbocycles. The number of hydrogen-bond acceptors (Lipinski definition) is 4. The van der Waals surface area contributed by atoms with Crippen LogP contribution in [0.4, 0.5) is 14.5 Å². The Bertz CT molecular complexity index is 1370. The zero-order chi connectivity index (χ0) is 29.3. The molecule has 214 valence electrons. The average molecular weight is 573 g/mol. The largest absolute Gasteiger partial charge is 0.354 e. The number of carbonyl (C=O) groups excluding carboxylic acids is 2. The lowest BCUT2D eigenvalue weighted by Crippen LogP contribution is -2.54. The van der Waals surface area contributed by atoms with Crippen molar-refractivity contribution < 1.29 is 26.8 Å². The molecule has 40 heavy (non-hydrogen) atoms. The Labute approximate surface area is 234 Å². The summed E-state index contributed by atoms with van der Waals surface area (Å²) in [6.07, 6.45) is 0.843. The monoisotopic (exact) mass is 572 g/mol. The molecule has 3 aromatic carbocycles. The summed E-state index contributed by atoms with van der Waals surface area (Å²) in [5.41, 5.74) is 1.44. The third kappa shape index (κ3) is 8.09. The topological polar surface area (TPSA) is 90.0 Å². The third-order valence-corrected chi connectivity index (χ3v) is 8.04. The van der Waals surface area contributed by atoms with Crippen LogP contribution >= 0.6 is 0 Å². The van der Waals surface area contributed by atoms with Gasteiger partial charge < -0.3 is 10.2 Å². The summed E-state index contributed by atoms with van der Waals surface area (Å²) in [6.45, 7) is 1.56. The van der Waals surface area contributed by atoms with E-state index in [9.17, 15) is 26.8 Å². The van der Waals surface area contributed by atoms with Gasteiger partial charge in [-0.3, -0.25) is 9.59 Å². The van der Waals surface area contributed by atoms with Crippen molar-refractivity contribution >= 4 is 27.7 Å². The molecule has 1 atom stereocenters. The zero-order valence-corrected chi connectivity index (χ0v) is 23.6.